The largest absolute Gasteiger partial charge is 0.497 e. The molecular weight excluding hydrogens is 829 g/mol. The van der Waals surface area contributed by atoms with Gasteiger partial charge in [0.25, 0.3) is 0 Å². The average Bonchev–Trinajstić information content (AvgIpc) is 4.13. The zero-order valence-corrected chi connectivity index (χ0v) is 36.1. The predicted octanol–water partition coefficient (Wildman–Crippen LogP) is 4.64. The number of rotatable bonds is 11. The molecule has 2 aliphatic carbocycles. The van der Waals surface area contributed by atoms with Crippen LogP contribution in [0.15, 0.2) is 47.9 Å². The second kappa shape index (κ2) is 14.5. The van der Waals surface area contributed by atoms with E-state index in [1.54, 1.807) is 14.2 Å². The molecule has 0 radical (unpaired) electrons. The first-order chi connectivity index (χ1) is 31.1. The Labute approximate surface area is 369 Å². The molecule has 2 aromatic carbocycles. The first-order valence-electron chi connectivity index (χ1n) is 22.8. The minimum absolute atomic E-state index is 0.139. The summed E-state index contributed by atoms with van der Waals surface area (Å²) in [5, 5.41) is 0. The summed E-state index contributed by atoms with van der Waals surface area (Å²) in [5.74, 6) is 0.996. The number of carbonyl (C=O) groups is 4. The van der Waals surface area contributed by atoms with Gasteiger partial charge in [-0.05, 0) is 136 Å². The third kappa shape index (κ3) is 5.79. The van der Waals surface area contributed by atoms with Crippen molar-refractivity contribution in [1.82, 2.24) is 9.80 Å². The molecular formula is C48H52N2O14. The van der Waals surface area contributed by atoms with Gasteiger partial charge < -0.3 is 47.4 Å². The first kappa shape index (κ1) is 40.1. The molecule has 0 saturated carbocycles. The maximum Gasteiger partial charge on any atom is 0.351 e. The summed E-state index contributed by atoms with van der Waals surface area (Å²) in [4.78, 5) is 58.9. The topological polar surface area (TPSA) is 167 Å². The molecule has 0 bridgehead atoms. The van der Waals surface area contributed by atoms with Crippen molar-refractivity contribution in [3.63, 3.8) is 0 Å². The molecule has 16 heteroatoms. The molecule has 0 N–H and O–H groups in total. The van der Waals surface area contributed by atoms with Crippen molar-refractivity contribution < 1.29 is 66.5 Å². The number of methoxy groups -OCH3 is 2. The highest BCUT2D eigenvalue weighted by molar-refractivity contribution is 5.94. The number of ether oxygens (including phenoxy) is 10. The Morgan fingerprint density at radius 2 is 1.03 bits per heavy atom. The highest BCUT2D eigenvalue weighted by Gasteiger charge is 2.63. The molecule has 12 rings (SSSR count). The van der Waals surface area contributed by atoms with Gasteiger partial charge in [-0.15, -0.1) is 0 Å². The molecule has 16 nitrogen and oxygen atoms in total. The van der Waals surface area contributed by atoms with Gasteiger partial charge in [-0.25, -0.2) is 9.59 Å². The van der Waals surface area contributed by atoms with Crippen LogP contribution in [0.5, 0.6) is 23.0 Å². The lowest BCUT2D eigenvalue weighted by Crippen LogP contribution is -2.57. The van der Waals surface area contributed by atoms with E-state index in [9.17, 15) is 19.2 Å². The zero-order valence-electron chi connectivity index (χ0n) is 36.1. The van der Waals surface area contributed by atoms with Crippen molar-refractivity contribution in [1.29, 1.82) is 0 Å². The first-order valence-corrected chi connectivity index (χ1v) is 22.8. The van der Waals surface area contributed by atoms with Gasteiger partial charge in [-0.3, -0.25) is 19.4 Å². The van der Waals surface area contributed by atoms with E-state index in [4.69, 9.17) is 47.4 Å². The molecule has 0 amide bonds. The number of hydrogen-bond donors (Lipinski definition) is 0. The summed E-state index contributed by atoms with van der Waals surface area (Å²) < 4.78 is 59.5. The molecule has 338 valence electrons. The van der Waals surface area contributed by atoms with Gasteiger partial charge in [0.05, 0.1) is 50.0 Å². The van der Waals surface area contributed by atoms with Crippen LogP contribution in [0.4, 0.5) is 0 Å². The number of nitrogens with zero attached hydrogens (tertiary/aromatic N) is 2. The number of cyclic esters (lactones) is 2. The number of unbranched alkanes of at least 4 members (excludes halogenated alkanes) is 1. The summed E-state index contributed by atoms with van der Waals surface area (Å²) >= 11 is 0. The van der Waals surface area contributed by atoms with Crippen LogP contribution < -0.4 is 18.9 Å². The lowest BCUT2D eigenvalue weighted by molar-refractivity contribution is -0.214. The van der Waals surface area contributed by atoms with Gasteiger partial charge in [0.1, 0.15) is 11.5 Å². The van der Waals surface area contributed by atoms with Crippen LogP contribution in [0.1, 0.15) is 98.3 Å². The second-order valence-electron chi connectivity index (χ2n) is 19.1. The van der Waals surface area contributed by atoms with Crippen molar-refractivity contribution in [2.45, 2.75) is 123 Å². The minimum Gasteiger partial charge on any atom is -0.497 e. The molecule has 2 aromatic rings. The fourth-order valence-electron chi connectivity index (χ4n) is 13.1. The van der Waals surface area contributed by atoms with Crippen LogP contribution in [-0.2, 0) is 60.4 Å². The van der Waals surface area contributed by atoms with Crippen molar-refractivity contribution in [2.75, 3.05) is 54.0 Å². The average molecular weight is 881 g/mol. The molecule has 8 aliphatic heterocycles. The molecule has 8 atom stereocenters. The maximum atomic E-state index is 14.5. The Kier molecular flexibility index (Phi) is 9.08. The third-order valence-corrected chi connectivity index (χ3v) is 16.0. The molecule has 2 spiro atoms. The summed E-state index contributed by atoms with van der Waals surface area (Å²) in [5.41, 5.74) is 0.380. The highest BCUT2D eigenvalue weighted by atomic mass is 16.7. The maximum absolute atomic E-state index is 14.5. The van der Waals surface area contributed by atoms with Gasteiger partial charge in [0.2, 0.25) is 24.8 Å². The van der Waals surface area contributed by atoms with E-state index in [2.05, 4.69) is 22.0 Å². The van der Waals surface area contributed by atoms with Crippen LogP contribution in [0.2, 0.25) is 0 Å². The minimum atomic E-state index is -1.52. The van der Waals surface area contributed by atoms with Crippen molar-refractivity contribution in [2.24, 2.45) is 0 Å². The Morgan fingerprint density at radius 1 is 0.625 bits per heavy atom. The zero-order chi connectivity index (χ0) is 43.6. The number of benzene rings is 2. The van der Waals surface area contributed by atoms with Crippen LogP contribution in [-0.4, -0.2) is 122 Å². The summed E-state index contributed by atoms with van der Waals surface area (Å²) in [6, 6.07) is 8.14. The van der Waals surface area contributed by atoms with E-state index >= 15 is 0 Å². The monoisotopic (exact) mass is 880 g/mol. The van der Waals surface area contributed by atoms with Crippen LogP contribution in [0.25, 0.3) is 0 Å². The van der Waals surface area contributed by atoms with E-state index in [-0.39, 0.29) is 51.1 Å². The van der Waals surface area contributed by atoms with Crippen LogP contribution in [0, 0.1) is 0 Å². The number of fused-ring (bicyclic) bond motifs is 6. The van der Waals surface area contributed by atoms with Gasteiger partial charge in [0, 0.05) is 13.1 Å². The quantitative estimate of drug-likeness (QED) is 0.174. The smallest absolute Gasteiger partial charge is 0.351 e. The second-order valence-corrected chi connectivity index (χ2v) is 19.1. The van der Waals surface area contributed by atoms with Gasteiger partial charge in [-0.2, -0.15) is 0 Å². The number of carbonyl (C=O) groups excluding carboxylic acids is 4. The Morgan fingerprint density at radius 3 is 1.42 bits per heavy atom. The summed E-state index contributed by atoms with van der Waals surface area (Å²) in [7, 11) is 3.18. The van der Waals surface area contributed by atoms with Gasteiger partial charge in [0.15, 0.2) is 35.2 Å². The SMILES string of the molecule is COC1=C[C@]23CCCN2CCc2cc4c(cc2[C@@H]3[C@@H]1OC(=O)[C@@]1(CCCC[C@]2(C(=O)O[C@@H]3C(OC)=C[C@]56CCCN5CCc5cc7c(cc5[C@H]36)OCO7)CC(=O)O2)CC(=O)O1)OCO4. The molecule has 10 aliphatic rings. The van der Waals surface area contributed by atoms with Crippen LogP contribution in [0.3, 0.4) is 0 Å². The normalized spacial score (nSPS) is 34.7. The van der Waals surface area contributed by atoms with E-state index in [0.29, 0.717) is 47.4 Å². The third-order valence-electron chi connectivity index (χ3n) is 16.0. The molecule has 64 heavy (non-hydrogen) atoms. The molecule has 0 unspecified atom stereocenters. The van der Waals surface area contributed by atoms with Gasteiger partial charge in [-0.1, -0.05) is 0 Å². The van der Waals surface area contributed by atoms with E-state index in [1.807, 2.05) is 24.3 Å². The summed E-state index contributed by atoms with van der Waals surface area (Å²) in [6.45, 7) is 3.76. The number of hydrogen-bond acceptors (Lipinski definition) is 16. The van der Waals surface area contributed by atoms with E-state index in [0.717, 1.165) is 87.0 Å². The van der Waals surface area contributed by atoms with Crippen molar-refractivity contribution >= 4 is 23.9 Å². The fraction of sp³-hybridized carbons (Fsp3) is 0.583. The fourth-order valence-corrected chi connectivity index (χ4v) is 13.1. The lowest BCUT2D eigenvalue weighted by Gasteiger charge is -2.42. The number of esters is 4. The Hall–Kier alpha value is -5.48. The van der Waals surface area contributed by atoms with E-state index < -0.39 is 58.4 Å². The Balaban J connectivity index is 0.766. The van der Waals surface area contributed by atoms with Gasteiger partial charge >= 0.3 is 23.9 Å². The summed E-state index contributed by atoms with van der Waals surface area (Å²) in [6.07, 6.45) is 8.78. The Bertz CT molecular complexity index is 2250. The standard InChI is InChI=1S/C48H52N2O14/c1-55-35-21-45-9-5-13-49(45)15-7-27-17-31-33(59-25-57-31)19-29(27)39(45)41(35)61-43(53)47(23-37(51)63-47)11-3-4-12-48(24-38(52)64-48)44(54)62-42-36(56-2)22-46-10-6-14-50(46)16-8-28-18-32-34(60-26-58-32)20-30(28)40(42)46/h17-22,39-42H,3-16,23-26H2,1-2H3/t39-,40-,41-,42-,45+,46+,47-,48-/m1/s1. The van der Waals surface area contributed by atoms with Crippen molar-refractivity contribution in [3.8, 4) is 23.0 Å². The highest BCUT2D eigenvalue weighted by Crippen LogP contribution is 2.58. The molecule has 8 heterocycles. The van der Waals surface area contributed by atoms with Crippen LogP contribution >= 0.6 is 0 Å². The lowest BCUT2D eigenvalue weighted by atomic mass is 9.77. The molecule has 4 fully saturated rings. The van der Waals surface area contributed by atoms with E-state index in [1.165, 1.54) is 0 Å². The molecule has 4 saturated heterocycles. The van der Waals surface area contributed by atoms with Crippen molar-refractivity contribution in [3.05, 3.63) is 70.2 Å². The molecule has 0 aromatic heterocycles. The predicted molar refractivity (Wildman–Crippen MR) is 220 cm³/mol.